The average molecular weight is 226 g/mol. The van der Waals surface area contributed by atoms with Crippen molar-refractivity contribution in [1.82, 2.24) is 10.1 Å². The number of hydrogen-bond acceptors (Lipinski definition) is 5. The maximum atomic E-state index is 9.29. The quantitative estimate of drug-likeness (QED) is 0.813. The fraction of sp³-hybridized carbons (Fsp3) is 0.727. The Hall–Kier alpha value is -0.910. The molecule has 0 unspecified atom stereocenters. The fourth-order valence-corrected chi connectivity index (χ4v) is 2.18. The second-order valence-electron chi connectivity index (χ2n) is 4.29. The number of rotatable bonds is 4. The van der Waals surface area contributed by atoms with Gasteiger partial charge in [0.1, 0.15) is 0 Å². The SMILES string of the molecule is CO[C@@H]1C[C@@H](CO)N(Cc2cc(C)no2)C1. The van der Waals surface area contributed by atoms with Crippen molar-refractivity contribution in [2.24, 2.45) is 0 Å². The normalized spacial score (nSPS) is 26.4. The molecule has 2 rings (SSSR count). The summed E-state index contributed by atoms with van der Waals surface area (Å²) in [7, 11) is 1.71. The molecule has 1 aliphatic rings. The van der Waals surface area contributed by atoms with Crippen LogP contribution in [0.15, 0.2) is 10.6 Å². The number of nitrogens with zero attached hydrogens (tertiary/aromatic N) is 2. The zero-order valence-electron chi connectivity index (χ0n) is 9.72. The molecular weight excluding hydrogens is 208 g/mol. The third kappa shape index (κ3) is 2.42. The van der Waals surface area contributed by atoms with Crippen molar-refractivity contribution >= 4 is 0 Å². The highest BCUT2D eigenvalue weighted by atomic mass is 16.5. The summed E-state index contributed by atoms with van der Waals surface area (Å²) in [6, 6.07) is 2.09. The molecule has 0 amide bonds. The van der Waals surface area contributed by atoms with Crippen LogP contribution in [0.4, 0.5) is 0 Å². The average Bonchev–Trinajstić information content (AvgIpc) is 2.85. The smallest absolute Gasteiger partial charge is 0.150 e. The van der Waals surface area contributed by atoms with Gasteiger partial charge >= 0.3 is 0 Å². The molecule has 5 nitrogen and oxygen atoms in total. The van der Waals surface area contributed by atoms with E-state index in [1.54, 1.807) is 7.11 Å². The molecule has 0 radical (unpaired) electrons. The first-order valence-corrected chi connectivity index (χ1v) is 5.53. The van der Waals surface area contributed by atoms with Crippen LogP contribution in [0, 0.1) is 6.92 Å². The van der Waals surface area contributed by atoms with Crippen molar-refractivity contribution in [1.29, 1.82) is 0 Å². The number of methoxy groups -OCH3 is 1. The molecule has 0 aromatic carbocycles. The van der Waals surface area contributed by atoms with Crippen LogP contribution in [0.3, 0.4) is 0 Å². The molecule has 0 aliphatic carbocycles. The summed E-state index contributed by atoms with van der Waals surface area (Å²) in [5.41, 5.74) is 0.887. The minimum atomic E-state index is 0.160. The van der Waals surface area contributed by atoms with Gasteiger partial charge in [0.2, 0.25) is 0 Å². The Balaban J connectivity index is 1.98. The Morgan fingerprint density at radius 1 is 1.69 bits per heavy atom. The molecule has 1 aliphatic heterocycles. The lowest BCUT2D eigenvalue weighted by Crippen LogP contribution is -2.31. The number of aryl methyl sites for hydroxylation is 1. The molecular formula is C11H18N2O3. The van der Waals surface area contributed by atoms with Gasteiger partial charge in [0, 0.05) is 25.8 Å². The standard InChI is InChI=1S/C11H18N2O3/c1-8-3-11(16-12-8)6-13-5-10(15-2)4-9(13)7-14/h3,9-10,14H,4-7H2,1-2H3/t9-,10+/m0/s1. The second-order valence-corrected chi connectivity index (χ2v) is 4.29. The van der Waals surface area contributed by atoms with E-state index in [-0.39, 0.29) is 18.8 Å². The monoisotopic (exact) mass is 226 g/mol. The maximum Gasteiger partial charge on any atom is 0.150 e. The Labute approximate surface area is 95.0 Å². The maximum absolute atomic E-state index is 9.29. The molecule has 1 N–H and O–H groups in total. The Kier molecular flexibility index (Phi) is 3.58. The van der Waals surface area contributed by atoms with Crippen LogP contribution in [-0.2, 0) is 11.3 Å². The van der Waals surface area contributed by atoms with Crippen LogP contribution in [0.25, 0.3) is 0 Å². The first-order valence-electron chi connectivity index (χ1n) is 5.53. The van der Waals surface area contributed by atoms with Crippen molar-refractivity contribution in [2.45, 2.75) is 32.0 Å². The Morgan fingerprint density at radius 3 is 3.06 bits per heavy atom. The molecule has 0 bridgehead atoms. The fourth-order valence-electron chi connectivity index (χ4n) is 2.18. The molecule has 2 atom stereocenters. The molecule has 90 valence electrons. The zero-order valence-corrected chi connectivity index (χ0v) is 9.72. The van der Waals surface area contributed by atoms with Crippen LogP contribution in [0.2, 0.25) is 0 Å². The first kappa shape index (κ1) is 11.6. The second kappa shape index (κ2) is 4.95. The number of aromatic nitrogens is 1. The van der Waals surface area contributed by atoms with Crippen LogP contribution < -0.4 is 0 Å². The van der Waals surface area contributed by atoms with Gasteiger partial charge in [-0.1, -0.05) is 5.16 Å². The van der Waals surface area contributed by atoms with E-state index in [9.17, 15) is 5.11 Å². The van der Waals surface area contributed by atoms with Gasteiger partial charge in [0.05, 0.1) is 24.9 Å². The summed E-state index contributed by atoms with van der Waals surface area (Å²) in [6.45, 7) is 3.58. The Bertz CT molecular complexity index is 340. The number of aliphatic hydroxyl groups is 1. The summed E-state index contributed by atoms with van der Waals surface area (Å²) < 4.78 is 10.5. The van der Waals surface area contributed by atoms with E-state index in [0.29, 0.717) is 6.54 Å². The Morgan fingerprint density at radius 2 is 2.50 bits per heavy atom. The van der Waals surface area contributed by atoms with E-state index in [1.165, 1.54) is 0 Å². The van der Waals surface area contributed by atoms with Crippen LogP contribution >= 0.6 is 0 Å². The molecule has 16 heavy (non-hydrogen) atoms. The summed E-state index contributed by atoms with van der Waals surface area (Å²) in [5, 5.41) is 13.1. The van der Waals surface area contributed by atoms with E-state index in [0.717, 1.165) is 24.4 Å². The molecule has 1 fully saturated rings. The van der Waals surface area contributed by atoms with Gasteiger partial charge < -0.3 is 14.4 Å². The summed E-state index contributed by atoms with van der Waals surface area (Å²) in [6.07, 6.45) is 1.08. The predicted octanol–water partition coefficient (Wildman–Crippen LogP) is 0.565. The lowest BCUT2D eigenvalue weighted by atomic mass is 10.2. The lowest BCUT2D eigenvalue weighted by Gasteiger charge is -2.20. The number of hydrogen-bond donors (Lipinski definition) is 1. The highest BCUT2D eigenvalue weighted by Gasteiger charge is 2.32. The van der Waals surface area contributed by atoms with Gasteiger partial charge in [-0.05, 0) is 13.3 Å². The molecule has 5 heteroatoms. The van der Waals surface area contributed by atoms with Crippen molar-refractivity contribution in [3.05, 3.63) is 17.5 Å². The van der Waals surface area contributed by atoms with E-state index in [2.05, 4.69) is 10.1 Å². The van der Waals surface area contributed by atoms with Crippen molar-refractivity contribution in [3.8, 4) is 0 Å². The summed E-state index contributed by atoms with van der Waals surface area (Å²) in [4.78, 5) is 2.17. The van der Waals surface area contributed by atoms with Crippen LogP contribution in [0.5, 0.6) is 0 Å². The third-order valence-electron chi connectivity index (χ3n) is 3.07. The molecule has 1 aromatic heterocycles. The molecule has 2 heterocycles. The van der Waals surface area contributed by atoms with Gasteiger partial charge in [0.25, 0.3) is 0 Å². The highest BCUT2D eigenvalue weighted by Crippen LogP contribution is 2.22. The third-order valence-corrected chi connectivity index (χ3v) is 3.07. The van der Waals surface area contributed by atoms with Crippen LogP contribution in [0.1, 0.15) is 17.9 Å². The van der Waals surface area contributed by atoms with Crippen molar-refractivity contribution in [3.63, 3.8) is 0 Å². The first-order chi connectivity index (χ1) is 7.72. The summed E-state index contributed by atoms with van der Waals surface area (Å²) in [5.74, 6) is 0.840. The highest BCUT2D eigenvalue weighted by molar-refractivity contribution is 5.04. The van der Waals surface area contributed by atoms with Gasteiger partial charge in [0.15, 0.2) is 5.76 Å². The zero-order chi connectivity index (χ0) is 11.5. The van der Waals surface area contributed by atoms with E-state index >= 15 is 0 Å². The number of aliphatic hydroxyl groups excluding tert-OH is 1. The predicted molar refractivity (Wildman–Crippen MR) is 57.9 cm³/mol. The topological polar surface area (TPSA) is 58.7 Å². The molecule has 1 saturated heterocycles. The minimum absolute atomic E-state index is 0.160. The summed E-state index contributed by atoms with van der Waals surface area (Å²) >= 11 is 0. The molecule has 0 saturated carbocycles. The van der Waals surface area contributed by atoms with Crippen molar-refractivity contribution < 1.29 is 14.4 Å². The van der Waals surface area contributed by atoms with E-state index in [1.807, 2.05) is 13.0 Å². The van der Waals surface area contributed by atoms with E-state index in [4.69, 9.17) is 9.26 Å². The van der Waals surface area contributed by atoms with E-state index < -0.39 is 0 Å². The van der Waals surface area contributed by atoms with Gasteiger partial charge in [-0.25, -0.2) is 0 Å². The largest absolute Gasteiger partial charge is 0.395 e. The van der Waals surface area contributed by atoms with Crippen LogP contribution in [-0.4, -0.2) is 47.6 Å². The van der Waals surface area contributed by atoms with Gasteiger partial charge in [-0.2, -0.15) is 0 Å². The number of ether oxygens (including phenoxy) is 1. The van der Waals surface area contributed by atoms with Gasteiger partial charge in [-0.15, -0.1) is 0 Å². The number of likely N-dealkylation sites (tertiary alicyclic amines) is 1. The minimum Gasteiger partial charge on any atom is -0.395 e. The van der Waals surface area contributed by atoms with Crippen molar-refractivity contribution in [2.75, 3.05) is 20.3 Å². The molecule has 1 aromatic rings. The van der Waals surface area contributed by atoms with Gasteiger partial charge in [-0.3, -0.25) is 4.90 Å². The molecule has 0 spiro atoms. The lowest BCUT2D eigenvalue weighted by molar-refractivity contribution is 0.105.